The molecule has 2 aromatic rings. The van der Waals surface area contributed by atoms with Crippen molar-refractivity contribution >= 4 is 6.03 Å². The standard InChI is InChI=1S/C18H23N3O3/c1-21(2)15(17-8-5-9-23-17)12-20-18(22)19-11-14-10-13-6-3-4-7-16(13)24-14/h3-9,14-15H,10-12H2,1-2H3,(H2,19,20,22)/t14-,15-/m1/s1. The van der Waals surface area contributed by atoms with Gasteiger partial charge in [-0.05, 0) is 37.9 Å². The lowest BCUT2D eigenvalue weighted by molar-refractivity contribution is 0.208. The minimum atomic E-state index is -0.201. The first-order chi connectivity index (χ1) is 11.6. The Morgan fingerprint density at radius 2 is 2.08 bits per heavy atom. The number of nitrogens with zero attached hydrogens (tertiary/aromatic N) is 1. The van der Waals surface area contributed by atoms with Crippen LogP contribution in [0.4, 0.5) is 4.79 Å². The molecule has 0 saturated carbocycles. The highest BCUT2D eigenvalue weighted by molar-refractivity contribution is 5.73. The molecule has 1 aliphatic heterocycles. The van der Waals surface area contributed by atoms with Crippen molar-refractivity contribution in [3.05, 3.63) is 54.0 Å². The smallest absolute Gasteiger partial charge is 0.314 e. The van der Waals surface area contributed by atoms with Gasteiger partial charge in [0.2, 0.25) is 0 Å². The molecule has 2 heterocycles. The van der Waals surface area contributed by atoms with E-state index in [1.165, 1.54) is 5.56 Å². The highest BCUT2D eigenvalue weighted by Crippen LogP contribution is 2.27. The normalized spacial score (nSPS) is 17.2. The number of carbonyl (C=O) groups is 1. The van der Waals surface area contributed by atoms with E-state index in [-0.39, 0.29) is 18.2 Å². The SMILES string of the molecule is CN(C)[C@H](CNC(=O)NC[C@H]1Cc2ccccc2O1)c1ccco1. The molecule has 6 nitrogen and oxygen atoms in total. The van der Waals surface area contributed by atoms with Crippen molar-refractivity contribution in [3.8, 4) is 5.75 Å². The summed E-state index contributed by atoms with van der Waals surface area (Å²) in [6.07, 6.45) is 2.45. The van der Waals surface area contributed by atoms with Crippen molar-refractivity contribution in [2.24, 2.45) is 0 Å². The predicted octanol–water partition coefficient (Wildman–Crippen LogP) is 2.19. The van der Waals surface area contributed by atoms with Gasteiger partial charge in [-0.15, -0.1) is 0 Å². The summed E-state index contributed by atoms with van der Waals surface area (Å²) in [6, 6.07) is 11.5. The Morgan fingerprint density at radius 1 is 1.25 bits per heavy atom. The number of fused-ring (bicyclic) bond motifs is 1. The third-order valence-electron chi connectivity index (χ3n) is 4.16. The quantitative estimate of drug-likeness (QED) is 0.852. The molecule has 2 N–H and O–H groups in total. The summed E-state index contributed by atoms with van der Waals surface area (Å²) in [4.78, 5) is 14.1. The van der Waals surface area contributed by atoms with Gasteiger partial charge in [-0.3, -0.25) is 4.90 Å². The molecular weight excluding hydrogens is 306 g/mol. The number of urea groups is 1. The Balaban J connectivity index is 1.43. The van der Waals surface area contributed by atoms with Gasteiger partial charge in [0, 0.05) is 13.0 Å². The van der Waals surface area contributed by atoms with Crippen LogP contribution >= 0.6 is 0 Å². The minimum absolute atomic E-state index is 0.00210. The van der Waals surface area contributed by atoms with Gasteiger partial charge in [0.15, 0.2) is 0 Å². The van der Waals surface area contributed by atoms with Crippen molar-refractivity contribution < 1.29 is 13.9 Å². The number of para-hydroxylation sites is 1. The molecule has 0 aliphatic carbocycles. The zero-order valence-corrected chi connectivity index (χ0v) is 14.0. The number of rotatable bonds is 6. The van der Waals surface area contributed by atoms with Crippen LogP contribution in [-0.2, 0) is 6.42 Å². The van der Waals surface area contributed by atoms with Crippen LogP contribution in [-0.4, -0.2) is 44.2 Å². The van der Waals surface area contributed by atoms with Crippen LogP contribution in [0.5, 0.6) is 5.75 Å². The fraction of sp³-hybridized carbons (Fsp3) is 0.389. The minimum Gasteiger partial charge on any atom is -0.488 e. The highest BCUT2D eigenvalue weighted by Gasteiger charge is 2.23. The fourth-order valence-electron chi connectivity index (χ4n) is 2.84. The summed E-state index contributed by atoms with van der Waals surface area (Å²) in [7, 11) is 3.91. The van der Waals surface area contributed by atoms with Crippen LogP contribution in [0.3, 0.4) is 0 Å². The second-order valence-electron chi connectivity index (χ2n) is 6.14. The van der Waals surface area contributed by atoms with E-state index in [0.29, 0.717) is 13.1 Å². The van der Waals surface area contributed by atoms with Gasteiger partial charge in [-0.2, -0.15) is 0 Å². The third kappa shape index (κ3) is 3.89. The van der Waals surface area contributed by atoms with Crippen molar-refractivity contribution in [1.29, 1.82) is 0 Å². The van der Waals surface area contributed by atoms with E-state index in [1.807, 2.05) is 49.3 Å². The molecule has 0 radical (unpaired) electrons. The van der Waals surface area contributed by atoms with E-state index >= 15 is 0 Å². The number of hydrogen-bond donors (Lipinski definition) is 2. The van der Waals surface area contributed by atoms with E-state index in [9.17, 15) is 4.79 Å². The molecule has 2 amide bonds. The van der Waals surface area contributed by atoms with Crippen LogP contribution < -0.4 is 15.4 Å². The van der Waals surface area contributed by atoms with E-state index in [0.717, 1.165) is 17.9 Å². The molecule has 1 aromatic heterocycles. The first kappa shape index (κ1) is 16.4. The lowest BCUT2D eigenvalue weighted by Crippen LogP contribution is -2.43. The molecule has 1 aliphatic rings. The Bertz CT molecular complexity index is 645. The Morgan fingerprint density at radius 3 is 2.79 bits per heavy atom. The monoisotopic (exact) mass is 329 g/mol. The Hall–Kier alpha value is -2.47. The summed E-state index contributed by atoms with van der Waals surface area (Å²) >= 11 is 0. The maximum absolute atomic E-state index is 12.0. The predicted molar refractivity (Wildman–Crippen MR) is 91.1 cm³/mol. The molecule has 0 spiro atoms. The van der Waals surface area contributed by atoms with Crippen molar-refractivity contribution in [2.75, 3.05) is 27.2 Å². The largest absolute Gasteiger partial charge is 0.488 e. The number of ether oxygens (including phenoxy) is 1. The summed E-state index contributed by atoms with van der Waals surface area (Å²) in [5, 5.41) is 5.77. The summed E-state index contributed by atoms with van der Waals surface area (Å²) < 4.78 is 11.2. The third-order valence-corrected chi connectivity index (χ3v) is 4.16. The molecule has 0 saturated heterocycles. The Labute approximate surface area is 141 Å². The number of likely N-dealkylation sites (N-methyl/N-ethyl adjacent to an activating group) is 1. The lowest BCUT2D eigenvalue weighted by atomic mass is 10.1. The van der Waals surface area contributed by atoms with Crippen LogP contribution in [0, 0.1) is 0 Å². The molecule has 24 heavy (non-hydrogen) atoms. The van der Waals surface area contributed by atoms with Crippen molar-refractivity contribution in [1.82, 2.24) is 15.5 Å². The highest BCUT2D eigenvalue weighted by atomic mass is 16.5. The number of amides is 2. The zero-order chi connectivity index (χ0) is 16.9. The van der Waals surface area contributed by atoms with Gasteiger partial charge in [0.05, 0.1) is 18.8 Å². The fourth-order valence-corrected chi connectivity index (χ4v) is 2.84. The van der Waals surface area contributed by atoms with E-state index < -0.39 is 0 Å². The number of hydrogen-bond acceptors (Lipinski definition) is 4. The second-order valence-corrected chi connectivity index (χ2v) is 6.14. The van der Waals surface area contributed by atoms with Crippen molar-refractivity contribution in [2.45, 2.75) is 18.6 Å². The first-order valence-electron chi connectivity index (χ1n) is 8.09. The lowest BCUT2D eigenvalue weighted by Gasteiger charge is -2.22. The van der Waals surface area contributed by atoms with Crippen LogP contribution in [0.25, 0.3) is 0 Å². The number of furan rings is 1. The van der Waals surface area contributed by atoms with Gasteiger partial charge >= 0.3 is 6.03 Å². The summed E-state index contributed by atoms with van der Waals surface area (Å²) in [5.74, 6) is 1.74. The molecular formula is C18H23N3O3. The molecule has 6 heteroatoms. The maximum atomic E-state index is 12.0. The Kier molecular flexibility index (Phi) is 5.05. The molecule has 0 unspecified atom stereocenters. The van der Waals surface area contributed by atoms with Gasteiger partial charge < -0.3 is 19.8 Å². The van der Waals surface area contributed by atoms with Crippen LogP contribution in [0.15, 0.2) is 47.1 Å². The zero-order valence-electron chi connectivity index (χ0n) is 14.0. The average Bonchev–Trinajstić information content (AvgIpc) is 3.22. The molecule has 3 rings (SSSR count). The van der Waals surface area contributed by atoms with Crippen LogP contribution in [0.2, 0.25) is 0 Å². The van der Waals surface area contributed by atoms with E-state index in [2.05, 4.69) is 16.7 Å². The van der Waals surface area contributed by atoms with Gasteiger partial charge in [0.1, 0.15) is 17.6 Å². The molecule has 128 valence electrons. The van der Waals surface area contributed by atoms with Gasteiger partial charge in [-0.1, -0.05) is 18.2 Å². The second kappa shape index (κ2) is 7.40. The average molecular weight is 329 g/mol. The first-order valence-corrected chi connectivity index (χ1v) is 8.09. The maximum Gasteiger partial charge on any atom is 0.314 e. The topological polar surface area (TPSA) is 66.7 Å². The summed E-state index contributed by atoms with van der Waals surface area (Å²) in [5.41, 5.74) is 1.19. The number of carbonyl (C=O) groups excluding carboxylic acids is 1. The molecule has 2 atom stereocenters. The van der Waals surface area contributed by atoms with E-state index in [1.54, 1.807) is 6.26 Å². The molecule has 0 bridgehead atoms. The number of benzene rings is 1. The molecule has 1 aromatic carbocycles. The van der Waals surface area contributed by atoms with E-state index in [4.69, 9.17) is 9.15 Å². The number of nitrogens with one attached hydrogen (secondary N) is 2. The summed E-state index contributed by atoms with van der Waals surface area (Å²) in [6.45, 7) is 0.950. The molecule has 0 fully saturated rings. The van der Waals surface area contributed by atoms with Gasteiger partial charge in [-0.25, -0.2) is 4.79 Å². The van der Waals surface area contributed by atoms with Crippen LogP contribution in [0.1, 0.15) is 17.4 Å². The van der Waals surface area contributed by atoms with Crippen molar-refractivity contribution in [3.63, 3.8) is 0 Å². The van der Waals surface area contributed by atoms with Gasteiger partial charge in [0.25, 0.3) is 0 Å².